The van der Waals surface area contributed by atoms with Gasteiger partial charge in [-0.1, -0.05) is 0 Å². The van der Waals surface area contributed by atoms with Crippen LogP contribution in [0.5, 0.6) is 0 Å². The van der Waals surface area contributed by atoms with Gasteiger partial charge < -0.3 is 51.9 Å². The van der Waals surface area contributed by atoms with Crippen molar-refractivity contribution in [3.63, 3.8) is 0 Å². The second kappa shape index (κ2) is 24.4. The predicted molar refractivity (Wildman–Crippen MR) is 47.8 cm³/mol. The first-order chi connectivity index (χ1) is 5.29. The maximum absolute atomic E-state index is 9.34. The molecule has 0 aromatic carbocycles. The minimum atomic E-state index is -1.44. The van der Waals surface area contributed by atoms with E-state index in [2.05, 4.69) is 0 Å². The van der Waals surface area contributed by atoms with Gasteiger partial charge in [-0.25, -0.2) is 0 Å². The number of aliphatic hydroxyl groups excluding tert-OH is 2. The van der Waals surface area contributed by atoms with Crippen LogP contribution >= 0.6 is 0 Å². The predicted octanol–water partition coefficient (Wildman–Crippen LogP) is -7.07. The Balaban J connectivity index is -0.0000000182. The van der Waals surface area contributed by atoms with Crippen molar-refractivity contribution in [3.8, 4) is 0 Å². The topological polar surface area (TPSA) is 247 Å². The molecule has 10 N–H and O–H groups in total. The summed E-state index contributed by atoms with van der Waals surface area (Å²) in [6.45, 7) is 2.27. The molecule has 0 saturated heterocycles. The zero-order valence-electron chi connectivity index (χ0n) is 9.00. The Hall–Kier alpha value is -0.806. The summed E-state index contributed by atoms with van der Waals surface area (Å²) in [4.78, 5) is 18.7. The van der Waals surface area contributed by atoms with Crippen LogP contribution in [0.15, 0.2) is 0 Å². The molecular formula is C6H18NiO10. The van der Waals surface area contributed by atoms with E-state index in [1.54, 1.807) is 0 Å². The number of carbonyl (C=O) groups is 2. The average molecular weight is 309 g/mol. The molecule has 0 bridgehead atoms. The molecule has 0 aliphatic heterocycles. The maximum atomic E-state index is 9.34. The Labute approximate surface area is 107 Å². The summed E-state index contributed by atoms with van der Waals surface area (Å²) in [5.74, 6) is -2.87. The SMILES string of the molecule is C[C@H](O)C(=O)[O-].C[C@H](O)C(=O)[O-].O.O.O.O.[Ni+2]. The van der Waals surface area contributed by atoms with Crippen molar-refractivity contribution in [2.75, 3.05) is 0 Å². The quantitative estimate of drug-likeness (QED) is 0.468. The van der Waals surface area contributed by atoms with E-state index in [-0.39, 0.29) is 38.4 Å². The van der Waals surface area contributed by atoms with Gasteiger partial charge in [-0.3, -0.25) is 0 Å². The van der Waals surface area contributed by atoms with Gasteiger partial charge in [0.1, 0.15) is 0 Å². The number of hydrogen-bond acceptors (Lipinski definition) is 6. The largest absolute Gasteiger partial charge is 2.00 e. The van der Waals surface area contributed by atoms with E-state index in [0.29, 0.717) is 0 Å². The summed E-state index contributed by atoms with van der Waals surface area (Å²) in [5.41, 5.74) is 0. The van der Waals surface area contributed by atoms with Crippen LogP contribution in [0.2, 0.25) is 0 Å². The number of carboxylic acids is 2. The molecule has 2 atom stereocenters. The van der Waals surface area contributed by atoms with Crippen LogP contribution in [0.1, 0.15) is 13.8 Å². The van der Waals surface area contributed by atoms with Crippen molar-refractivity contribution in [2.45, 2.75) is 26.1 Å². The van der Waals surface area contributed by atoms with Crippen molar-refractivity contribution in [1.82, 2.24) is 0 Å². The summed E-state index contributed by atoms with van der Waals surface area (Å²) in [5, 5.41) is 34.6. The zero-order chi connectivity index (χ0) is 10.3. The fraction of sp³-hybridized carbons (Fsp3) is 0.667. The number of aliphatic hydroxyl groups is 2. The van der Waals surface area contributed by atoms with Crippen LogP contribution in [0, 0.1) is 0 Å². The molecule has 0 aliphatic rings. The maximum Gasteiger partial charge on any atom is 2.00 e. The second-order valence-corrected chi connectivity index (χ2v) is 1.99. The van der Waals surface area contributed by atoms with Gasteiger partial charge >= 0.3 is 16.5 Å². The molecule has 0 rings (SSSR count). The van der Waals surface area contributed by atoms with Gasteiger partial charge in [-0.2, -0.15) is 0 Å². The van der Waals surface area contributed by atoms with Gasteiger partial charge in [-0.05, 0) is 13.8 Å². The molecule has 10 nitrogen and oxygen atoms in total. The van der Waals surface area contributed by atoms with Gasteiger partial charge in [0.15, 0.2) is 0 Å². The average Bonchev–Trinajstić information content (AvgIpc) is 1.88. The Morgan fingerprint density at radius 1 is 0.824 bits per heavy atom. The van der Waals surface area contributed by atoms with Gasteiger partial charge in [-0.15, -0.1) is 0 Å². The second-order valence-electron chi connectivity index (χ2n) is 1.99. The molecule has 0 radical (unpaired) electrons. The molecule has 0 fully saturated rings. The monoisotopic (exact) mass is 308 g/mol. The molecule has 0 amide bonds. The normalized spacial score (nSPS) is 9.65. The number of carbonyl (C=O) groups excluding carboxylic acids is 2. The van der Waals surface area contributed by atoms with Gasteiger partial charge in [0.05, 0.1) is 24.1 Å². The molecule has 0 aliphatic carbocycles. The fourth-order valence-corrected chi connectivity index (χ4v) is 0. The first kappa shape index (κ1) is 44.2. The van der Waals surface area contributed by atoms with Crippen molar-refractivity contribution in [3.05, 3.63) is 0 Å². The Morgan fingerprint density at radius 2 is 0.882 bits per heavy atom. The van der Waals surface area contributed by atoms with Crippen LogP contribution in [0.4, 0.5) is 0 Å². The zero-order valence-corrected chi connectivity index (χ0v) is 9.99. The van der Waals surface area contributed by atoms with E-state index in [9.17, 15) is 19.8 Å². The van der Waals surface area contributed by atoms with Crippen molar-refractivity contribution >= 4 is 11.9 Å². The Kier molecular flexibility index (Phi) is 63.6. The summed E-state index contributed by atoms with van der Waals surface area (Å²) >= 11 is 0. The van der Waals surface area contributed by atoms with E-state index >= 15 is 0 Å². The minimum Gasteiger partial charge on any atom is -0.547 e. The first-order valence-corrected chi connectivity index (χ1v) is 3.06. The van der Waals surface area contributed by atoms with Gasteiger partial charge in [0, 0.05) is 0 Å². The number of carboxylic acid groups (broad SMARTS) is 2. The first-order valence-electron chi connectivity index (χ1n) is 3.06. The molecule has 11 heteroatoms. The summed E-state index contributed by atoms with van der Waals surface area (Å²) in [6.07, 6.45) is -2.69. The Bertz CT molecular complexity index is 141. The molecule has 112 valence electrons. The Morgan fingerprint density at radius 3 is 0.882 bits per heavy atom. The van der Waals surface area contributed by atoms with Gasteiger partial charge in [0.25, 0.3) is 0 Å². The van der Waals surface area contributed by atoms with Gasteiger partial charge in [0.2, 0.25) is 0 Å². The molecule has 0 saturated carbocycles. The van der Waals surface area contributed by atoms with Crippen LogP contribution in [0.3, 0.4) is 0 Å². The van der Waals surface area contributed by atoms with Crippen molar-refractivity contribution in [2.24, 2.45) is 0 Å². The molecule has 0 spiro atoms. The summed E-state index contributed by atoms with van der Waals surface area (Å²) in [7, 11) is 0. The molecule has 17 heavy (non-hydrogen) atoms. The number of rotatable bonds is 2. The molecule has 0 aromatic heterocycles. The molecular weight excluding hydrogens is 291 g/mol. The minimum absolute atomic E-state index is 0. The van der Waals surface area contributed by atoms with E-state index < -0.39 is 24.1 Å². The van der Waals surface area contributed by atoms with E-state index in [1.165, 1.54) is 0 Å². The van der Waals surface area contributed by atoms with Crippen LogP contribution in [-0.4, -0.2) is 56.3 Å². The standard InChI is InChI=1S/2C3H6O3.Ni.4H2O/c2*1-2(4)3(5)6;;;;;/h2*2,4H,1H3,(H,5,6);;4*1H2/q;;+2;;;;/p-2/t2*2-;;;;;/m00...../s1. The molecule has 0 unspecified atom stereocenters. The molecule has 0 aromatic rings. The third-order valence-corrected chi connectivity index (χ3v) is 0.682. The summed E-state index contributed by atoms with van der Waals surface area (Å²) < 4.78 is 0. The summed E-state index contributed by atoms with van der Waals surface area (Å²) in [6, 6.07) is 0. The van der Waals surface area contributed by atoms with Crippen LogP contribution in [0.25, 0.3) is 0 Å². The smallest absolute Gasteiger partial charge is 0.547 e. The third-order valence-electron chi connectivity index (χ3n) is 0.682. The van der Waals surface area contributed by atoms with E-state index in [0.717, 1.165) is 13.8 Å². The van der Waals surface area contributed by atoms with Crippen molar-refractivity contribution < 1.29 is 68.4 Å². The fourth-order valence-electron chi connectivity index (χ4n) is 0. The number of hydrogen-bond donors (Lipinski definition) is 2. The van der Waals surface area contributed by atoms with E-state index in [1.807, 2.05) is 0 Å². The van der Waals surface area contributed by atoms with Crippen LogP contribution < -0.4 is 10.2 Å². The van der Waals surface area contributed by atoms with E-state index in [4.69, 9.17) is 10.2 Å². The van der Waals surface area contributed by atoms with Crippen LogP contribution in [-0.2, 0) is 26.1 Å². The number of aliphatic carboxylic acids is 2. The third kappa shape index (κ3) is 51.1. The van der Waals surface area contributed by atoms with Crippen molar-refractivity contribution in [1.29, 1.82) is 0 Å². The molecule has 0 heterocycles.